The Balaban J connectivity index is 2.49. The van der Waals surface area contributed by atoms with Crippen molar-refractivity contribution in [2.24, 2.45) is 0 Å². The molecule has 0 unspecified atom stereocenters. The quantitative estimate of drug-likeness (QED) is 0.933. The fourth-order valence-electron chi connectivity index (χ4n) is 1.73. The highest BCUT2D eigenvalue weighted by Gasteiger charge is 2.23. The average Bonchev–Trinajstić information content (AvgIpc) is 2.73. The highest BCUT2D eigenvalue weighted by molar-refractivity contribution is 7.93. The van der Waals surface area contributed by atoms with Crippen LogP contribution in [0.2, 0.25) is 5.02 Å². The number of hydrogen-bond acceptors (Lipinski definition) is 5. The summed E-state index contributed by atoms with van der Waals surface area (Å²) in [4.78, 5) is 4.07. The number of aromatic nitrogens is 1. The van der Waals surface area contributed by atoms with E-state index < -0.39 is 10.0 Å². The molecule has 108 valence electrons. The van der Waals surface area contributed by atoms with Crippen molar-refractivity contribution < 1.29 is 13.2 Å². The number of aryl methyl sites for hydroxylation is 2. The van der Waals surface area contributed by atoms with E-state index in [9.17, 15) is 8.42 Å². The predicted octanol–water partition coefficient (Wildman–Crippen LogP) is 3.22. The van der Waals surface area contributed by atoms with E-state index in [1.807, 2.05) is 0 Å². The Labute approximate surface area is 126 Å². The van der Waals surface area contributed by atoms with E-state index in [-0.39, 0.29) is 10.6 Å². The molecule has 0 radical (unpaired) electrons. The number of thiazole rings is 1. The Bertz CT molecular complexity index is 741. The van der Waals surface area contributed by atoms with E-state index in [0.717, 1.165) is 5.69 Å². The lowest BCUT2D eigenvalue weighted by atomic mass is 10.2. The van der Waals surface area contributed by atoms with Crippen LogP contribution in [0.25, 0.3) is 0 Å². The predicted molar refractivity (Wildman–Crippen MR) is 80.4 cm³/mol. The maximum absolute atomic E-state index is 12.4. The van der Waals surface area contributed by atoms with Crippen LogP contribution in [-0.4, -0.2) is 20.5 Å². The van der Waals surface area contributed by atoms with Gasteiger partial charge in [-0.3, -0.25) is 4.72 Å². The number of benzene rings is 1. The molecule has 0 aliphatic rings. The second-order valence-corrected chi connectivity index (χ2v) is 7.10. The van der Waals surface area contributed by atoms with Gasteiger partial charge in [0, 0.05) is 10.4 Å². The molecule has 0 fully saturated rings. The molecule has 0 amide bonds. The van der Waals surface area contributed by atoms with Gasteiger partial charge in [0.05, 0.1) is 12.8 Å². The van der Waals surface area contributed by atoms with Gasteiger partial charge in [-0.1, -0.05) is 11.6 Å². The normalized spacial score (nSPS) is 11.4. The maximum atomic E-state index is 12.4. The number of nitrogens with one attached hydrogen (secondary N) is 1. The molecule has 0 aliphatic heterocycles. The van der Waals surface area contributed by atoms with Gasteiger partial charge in [0.15, 0.2) is 5.13 Å². The monoisotopic (exact) mass is 332 g/mol. The third-order valence-electron chi connectivity index (χ3n) is 2.54. The zero-order chi connectivity index (χ0) is 14.9. The molecular formula is C12H13ClN2O3S2. The highest BCUT2D eigenvalue weighted by atomic mass is 35.5. The van der Waals surface area contributed by atoms with Gasteiger partial charge >= 0.3 is 0 Å². The minimum atomic E-state index is -3.80. The van der Waals surface area contributed by atoms with Crippen LogP contribution in [0.15, 0.2) is 22.4 Å². The minimum Gasteiger partial charge on any atom is -0.495 e. The van der Waals surface area contributed by atoms with Gasteiger partial charge in [-0.05, 0) is 31.5 Å². The molecule has 2 rings (SSSR count). The number of methoxy groups -OCH3 is 1. The third-order valence-corrected chi connectivity index (χ3v) is 5.11. The molecule has 0 aliphatic carbocycles. The van der Waals surface area contributed by atoms with Crippen molar-refractivity contribution >= 4 is 38.1 Å². The van der Waals surface area contributed by atoms with Crippen molar-refractivity contribution in [2.75, 3.05) is 11.8 Å². The van der Waals surface area contributed by atoms with Crippen LogP contribution >= 0.6 is 22.9 Å². The Hall–Kier alpha value is -1.31. The molecule has 1 aromatic heterocycles. The van der Waals surface area contributed by atoms with Crippen molar-refractivity contribution in [3.8, 4) is 5.75 Å². The standard InChI is InChI=1S/C12H13ClN2O3S2/c1-7-4-9(13)5-10(11(7)18-3)20(16,17)15-12-14-8(2)6-19-12/h4-6H,1-3H3,(H,14,15). The van der Waals surface area contributed by atoms with Gasteiger partial charge < -0.3 is 4.74 Å². The maximum Gasteiger partial charge on any atom is 0.267 e. The average molecular weight is 333 g/mol. The first-order chi connectivity index (χ1) is 9.33. The zero-order valence-corrected chi connectivity index (χ0v) is 13.5. The Morgan fingerprint density at radius 1 is 1.35 bits per heavy atom. The Morgan fingerprint density at radius 2 is 2.05 bits per heavy atom. The van der Waals surface area contributed by atoms with Crippen molar-refractivity contribution in [1.82, 2.24) is 4.98 Å². The minimum absolute atomic E-state index is 0.00199. The fourth-order valence-corrected chi connectivity index (χ4v) is 4.28. The lowest BCUT2D eigenvalue weighted by Gasteiger charge is -2.12. The summed E-state index contributed by atoms with van der Waals surface area (Å²) in [5.41, 5.74) is 1.40. The van der Waals surface area contributed by atoms with Gasteiger partial charge in [0.1, 0.15) is 10.6 Å². The lowest BCUT2D eigenvalue weighted by molar-refractivity contribution is 0.399. The summed E-state index contributed by atoms with van der Waals surface area (Å²) >= 11 is 7.15. The molecular weight excluding hydrogens is 320 g/mol. The van der Waals surface area contributed by atoms with Crippen molar-refractivity contribution in [1.29, 1.82) is 0 Å². The Morgan fingerprint density at radius 3 is 2.60 bits per heavy atom. The number of rotatable bonds is 4. The SMILES string of the molecule is COc1c(C)cc(Cl)cc1S(=O)(=O)Nc1nc(C)cs1. The topological polar surface area (TPSA) is 68.3 Å². The molecule has 20 heavy (non-hydrogen) atoms. The van der Waals surface area contributed by atoms with Gasteiger partial charge in [-0.2, -0.15) is 0 Å². The second-order valence-electron chi connectivity index (χ2n) is 4.15. The van der Waals surface area contributed by atoms with Gasteiger partial charge in [0.2, 0.25) is 0 Å². The van der Waals surface area contributed by atoms with E-state index in [2.05, 4.69) is 9.71 Å². The first-order valence-corrected chi connectivity index (χ1v) is 8.36. The van der Waals surface area contributed by atoms with Crippen LogP contribution in [-0.2, 0) is 10.0 Å². The molecule has 0 atom stereocenters. The van der Waals surface area contributed by atoms with Crippen molar-refractivity contribution in [3.63, 3.8) is 0 Å². The summed E-state index contributed by atoms with van der Waals surface area (Å²) < 4.78 is 32.4. The van der Waals surface area contributed by atoms with Crippen LogP contribution in [0.1, 0.15) is 11.3 Å². The summed E-state index contributed by atoms with van der Waals surface area (Å²) in [6.45, 7) is 3.52. The molecule has 0 spiro atoms. The summed E-state index contributed by atoms with van der Waals surface area (Å²) in [7, 11) is -2.38. The Kier molecular flexibility index (Phi) is 4.22. The molecule has 8 heteroatoms. The first-order valence-electron chi connectivity index (χ1n) is 5.62. The van der Waals surface area contributed by atoms with Crippen molar-refractivity contribution in [3.05, 3.63) is 33.8 Å². The van der Waals surface area contributed by atoms with E-state index in [1.165, 1.54) is 24.5 Å². The number of sulfonamides is 1. The van der Waals surface area contributed by atoms with E-state index in [0.29, 0.717) is 15.7 Å². The molecule has 1 aromatic carbocycles. The van der Waals surface area contributed by atoms with Crippen LogP contribution in [0.4, 0.5) is 5.13 Å². The second kappa shape index (κ2) is 5.59. The van der Waals surface area contributed by atoms with Gasteiger partial charge in [-0.15, -0.1) is 11.3 Å². The van der Waals surface area contributed by atoms with Crippen LogP contribution in [0.3, 0.4) is 0 Å². The lowest BCUT2D eigenvalue weighted by Crippen LogP contribution is -2.14. The summed E-state index contributed by atoms with van der Waals surface area (Å²) in [5, 5.41) is 2.40. The number of anilines is 1. The number of halogens is 1. The van der Waals surface area contributed by atoms with Crippen LogP contribution in [0, 0.1) is 13.8 Å². The molecule has 0 saturated heterocycles. The molecule has 0 saturated carbocycles. The number of hydrogen-bond donors (Lipinski definition) is 1. The third kappa shape index (κ3) is 3.05. The molecule has 1 heterocycles. The molecule has 1 N–H and O–H groups in total. The zero-order valence-electron chi connectivity index (χ0n) is 11.1. The van der Waals surface area contributed by atoms with Gasteiger partial charge in [-0.25, -0.2) is 13.4 Å². The smallest absolute Gasteiger partial charge is 0.267 e. The van der Waals surface area contributed by atoms with Crippen LogP contribution < -0.4 is 9.46 Å². The van der Waals surface area contributed by atoms with Crippen molar-refractivity contribution in [2.45, 2.75) is 18.7 Å². The summed E-state index contributed by atoms with van der Waals surface area (Å²) in [5.74, 6) is 0.273. The first kappa shape index (κ1) is 15.1. The van der Waals surface area contributed by atoms with Gasteiger partial charge in [0.25, 0.3) is 10.0 Å². The van der Waals surface area contributed by atoms with E-state index in [4.69, 9.17) is 16.3 Å². The van der Waals surface area contributed by atoms with E-state index >= 15 is 0 Å². The fraction of sp³-hybridized carbons (Fsp3) is 0.250. The largest absolute Gasteiger partial charge is 0.495 e. The summed E-state index contributed by atoms with van der Waals surface area (Å²) in [6, 6.07) is 3.00. The number of ether oxygens (including phenoxy) is 1. The highest BCUT2D eigenvalue weighted by Crippen LogP contribution is 2.32. The molecule has 0 bridgehead atoms. The number of nitrogens with zero attached hydrogens (tertiary/aromatic N) is 1. The molecule has 5 nitrogen and oxygen atoms in total. The molecule has 2 aromatic rings. The summed E-state index contributed by atoms with van der Waals surface area (Å²) in [6.07, 6.45) is 0. The van der Waals surface area contributed by atoms with Crippen LogP contribution in [0.5, 0.6) is 5.75 Å². The van der Waals surface area contributed by atoms with E-state index in [1.54, 1.807) is 25.3 Å².